The minimum Gasteiger partial charge on any atom is -0.356 e. The molecule has 0 saturated heterocycles. The lowest BCUT2D eigenvalue weighted by atomic mass is 10.4. The normalized spacial score (nSPS) is 9.88. The summed E-state index contributed by atoms with van der Waals surface area (Å²) in [6, 6.07) is 0. The molecule has 0 aromatic carbocycles. The van der Waals surface area contributed by atoms with E-state index >= 15 is 0 Å². The zero-order valence-electron chi connectivity index (χ0n) is 10.2. The van der Waals surface area contributed by atoms with Crippen LogP contribution in [0.25, 0.3) is 0 Å². The second-order valence-electron chi connectivity index (χ2n) is 2.61. The van der Waals surface area contributed by atoms with Gasteiger partial charge in [0.2, 0.25) is 0 Å². The van der Waals surface area contributed by atoms with Crippen molar-refractivity contribution >= 4 is 12.6 Å². The van der Waals surface area contributed by atoms with Gasteiger partial charge in [0.05, 0.1) is 6.42 Å². The van der Waals surface area contributed by atoms with Gasteiger partial charge in [-0.15, -0.1) is 0 Å². The van der Waals surface area contributed by atoms with Gasteiger partial charge in [-0.2, -0.15) is 0 Å². The molecule has 0 radical (unpaired) electrons. The fourth-order valence-electron chi connectivity index (χ4n) is 0.774. The second-order valence-corrected chi connectivity index (χ2v) is 2.61. The topological polar surface area (TPSA) is 71.1 Å². The highest BCUT2D eigenvalue weighted by Crippen LogP contribution is 2.05. The van der Waals surface area contributed by atoms with Gasteiger partial charge in [-0.25, -0.2) is 0 Å². The molecule has 96 valence electrons. The molecule has 0 N–H and O–H groups in total. The number of ether oxygens (including phenoxy) is 4. The van der Waals surface area contributed by atoms with Gasteiger partial charge in [0.25, 0.3) is 0 Å². The van der Waals surface area contributed by atoms with Crippen LogP contribution in [0.1, 0.15) is 12.8 Å². The quantitative estimate of drug-likeness (QED) is 0.345. The second kappa shape index (κ2) is 14.2. The minimum atomic E-state index is -0.264. The average molecular weight is 236 g/mol. The van der Waals surface area contributed by atoms with E-state index in [0.717, 1.165) is 0 Å². The zero-order valence-corrected chi connectivity index (χ0v) is 10.2. The highest BCUT2D eigenvalue weighted by Gasteiger charge is 2.13. The van der Waals surface area contributed by atoms with E-state index < -0.39 is 0 Å². The fraction of sp³-hybridized carbons (Fsp3) is 0.800. The molecule has 0 bridgehead atoms. The summed E-state index contributed by atoms with van der Waals surface area (Å²) in [4.78, 5) is 18.3. The van der Waals surface area contributed by atoms with Crippen molar-refractivity contribution in [1.82, 2.24) is 0 Å². The fourth-order valence-corrected chi connectivity index (χ4v) is 0.774. The van der Waals surface area contributed by atoms with Crippen LogP contribution in [0.15, 0.2) is 0 Å². The van der Waals surface area contributed by atoms with Crippen LogP contribution in [0.3, 0.4) is 0 Å². The SMILES string of the molecule is COC(CC(OC)OC)OC.O=CCC=O. The molecular formula is C10H20O6. The first kappa shape index (κ1) is 17.6. The largest absolute Gasteiger partial charge is 0.356 e. The van der Waals surface area contributed by atoms with Crippen molar-refractivity contribution in [2.75, 3.05) is 28.4 Å². The van der Waals surface area contributed by atoms with Crippen molar-refractivity contribution < 1.29 is 28.5 Å². The summed E-state index contributed by atoms with van der Waals surface area (Å²) in [5, 5.41) is 0. The Morgan fingerprint density at radius 2 is 1.12 bits per heavy atom. The summed E-state index contributed by atoms with van der Waals surface area (Å²) in [6.45, 7) is 0. The lowest BCUT2D eigenvalue weighted by Gasteiger charge is -2.18. The molecule has 0 amide bonds. The van der Waals surface area contributed by atoms with Crippen LogP contribution in [0.4, 0.5) is 0 Å². The van der Waals surface area contributed by atoms with Gasteiger partial charge in [0.15, 0.2) is 12.6 Å². The van der Waals surface area contributed by atoms with Gasteiger partial charge < -0.3 is 28.5 Å². The number of hydrogen-bond donors (Lipinski definition) is 0. The molecule has 0 heterocycles. The first-order chi connectivity index (χ1) is 7.69. The summed E-state index contributed by atoms with van der Waals surface area (Å²) in [7, 11) is 6.32. The number of hydrogen-bond acceptors (Lipinski definition) is 6. The number of aldehydes is 2. The Balaban J connectivity index is 0. The summed E-state index contributed by atoms with van der Waals surface area (Å²) in [6.07, 6.45) is 1.19. The van der Waals surface area contributed by atoms with Gasteiger partial charge in [-0.3, -0.25) is 0 Å². The number of carbonyl (C=O) groups excluding carboxylic acids is 2. The van der Waals surface area contributed by atoms with E-state index in [1.807, 2.05) is 0 Å². The molecule has 16 heavy (non-hydrogen) atoms. The molecule has 0 fully saturated rings. The Bertz CT molecular complexity index is 137. The molecule has 0 saturated carbocycles. The Morgan fingerprint density at radius 3 is 1.25 bits per heavy atom. The lowest BCUT2D eigenvalue weighted by molar-refractivity contribution is -0.178. The van der Waals surface area contributed by atoms with Crippen LogP contribution in [-0.4, -0.2) is 53.6 Å². The van der Waals surface area contributed by atoms with Gasteiger partial charge in [-0.1, -0.05) is 0 Å². The third-order valence-electron chi connectivity index (χ3n) is 1.63. The van der Waals surface area contributed by atoms with E-state index in [1.165, 1.54) is 0 Å². The maximum Gasteiger partial charge on any atom is 0.161 e. The summed E-state index contributed by atoms with van der Waals surface area (Å²) in [5.41, 5.74) is 0. The van der Waals surface area contributed by atoms with E-state index in [4.69, 9.17) is 18.9 Å². The lowest BCUT2D eigenvalue weighted by Crippen LogP contribution is -2.24. The maximum absolute atomic E-state index is 9.17. The van der Waals surface area contributed by atoms with Crippen LogP contribution in [0, 0.1) is 0 Å². The third-order valence-corrected chi connectivity index (χ3v) is 1.63. The number of carbonyl (C=O) groups is 2. The third kappa shape index (κ3) is 11.3. The number of methoxy groups -OCH3 is 4. The van der Waals surface area contributed by atoms with E-state index in [2.05, 4.69) is 0 Å². The maximum atomic E-state index is 9.17. The van der Waals surface area contributed by atoms with Crippen molar-refractivity contribution in [2.45, 2.75) is 25.4 Å². The van der Waals surface area contributed by atoms with E-state index in [9.17, 15) is 9.59 Å². The molecule has 0 aliphatic carbocycles. The predicted octanol–water partition coefficient (Wildman–Crippen LogP) is 0.389. The Labute approximate surface area is 95.8 Å². The van der Waals surface area contributed by atoms with E-state index in [-0.39, 0.29) is 19.0 Å². The monoisotopic (exact) mass is 236 g/mol. The van der Waals surface area contributed by atoms with Crippen molar-refractivity contribution in [3.63, 3.8) is 0 Å². The van der Waals surface area contributed by atoms with Crippen LogP contribution in [0.5, 0.6) is 0 Å². The standard InChI is InChI=1S/C7H16O4.C3H4O2/c1-8-6(9-2)5-7(10-3)11-4;4-2-1-3-5/h6-7H,5H2,1-4H3;2-3H,1H2. The summed E-state index contributed by atoms with van der Waals surface area (Å²) >= 11 is 0. The van der Waals surface area contributed by atoms with Gasteiger partial charge in [0, 0.05) is 34.9 Å². The summed E-state index contributed by atoms with van der Waals surface area (Å²) < 4.78 is 19.8. The van der Waals surface area contributed by atoms with E-state index in [1.54, 1.807) is 28.4 Å². The molecule has 0 atom stereocenters. The van der Waals surface area contributed by atoms with Crippen molar-refractivity contribution in [3.8, 4) is 0 Å². The molecule has 0 aromatic heterocycles. The Kier molecular flexibility index (Phi) is 15.6. The molecule has 0 aliphatic rings. The average Bonchev–Trinajstić information content (AvgIpc) is 2.33. The zero-order chi connectivity index (χ0) is 12.8. The van der Waals surface area contributed by atoms with Crippen molar-refractivity contribution in [2.24, 2.45) is 0 Å². The first-order valence-corrected chi connectivity index (χ1v) is 4.68. The highest BCUT2D eigenvalue weighted by atomic mass is 16.7. The molecule has 0 aliphatic heterocycles. The molecule has 6 nitrogen and oxygen atoms in total. The molecule has 6 heteroatoms. The Hall–Kier alpha value is -0.820. The van der Waals surface area contributed by atoms with Gasteiger partial charge in [-0.05, 0) is 0 Å². The molecular weight excluding hydrogens is 216 g/mol. The number of rotatable bonds is 8. The van der Waals surface area contributed by atoms with Crippen molar-refractivity contribution in [3.05, 3.63) is 0 Å². The van der Waals surface area contributed by atoms with Gasteiger partial charge >= 0.3 is 0 Å². The van der Waals surface area contributed by atoms with Gasteiger partial charge in [0.1, 0.15) is 12.6 Å². The van der Waals surface area contributed by atoms with Crippen LogP contribution in [0.2, 0.25) is 0 Å². The molecule has 0 aromatic rings. The van der Waals surface area contributed by atoms with Crippen LogP contribution in [-0.2, 0) is 28.5 Å². The van der Waals surface area contributed by atoms with Crippen LogP contribution < -0.4 is 0 Å². The molecule has 0 rings (SSSR count). The molecule has 0 unspecified atom stereocenters. The minimum absolute atomic E-state index is 0.0278. The van der Waals surface area contributed by atoms with Crippen LogP contribution >= 0.6 is 0 Å². The predicted molar refractivity (Wildman–Crippen MR) is 57.0 cm³/mol. The smallest absolute Gasteiger partial charge is 0.161 e. The highest BCUT2D eigenvalue weighted by molar-refractivity contribution is 5.72. The Morgan fingerprint density at radius 1 is 0.812 bits per heavy atom. The molecule has 0 spiro atoms. The van der Waals surface area contributed by atoms with E-state index in [0.29, 0.717) is 19.0 Å². The van der Waals surface area contributed by atoms with Crippen molar-refractivity contribution in [1.29, 1.82) is 0 Å². The first-order valence-electron chi connectivity index (χ1n) is 4.68. The summed E-state index contributed by atoms with van der Waals surface area (Å²) in [5.74, 6) is 0.